The summed E-state index contributed by atoms with van der Waals surface area (Å²) in [6.07, 6.45) is 3.78. The van der Waals surface area contributed by atoms with Gasteiger partial charge in [0.25, 0.3) is 0 Å². The number of hydrogen-bond donors (Lipinski definition) is 2. The molecule has 0 aliphatic carbocycles. The average Bonchev–Trinajstić information content (AvgIpc) is 2.49. The van der Waals surface area contributed by atoms with Gasteiger partial charge in [0.05, 0.1) is 0 Å². The van der Waals surface area contributed by atoms with Gasteiger partial charge < -0.3 is 11.1 Å². The highest BCUT2D eigenvalue weighted by Gasteiger charge is 2.23. The minimum atomic E-state index is 0. The molecule has 1 unspecified atom stereocenters. The summed E-state index contributed by atoms with van der Waals surface area (Å²) in [4.78, 5) is 6.73. The van der Waals surface area contributed by atoms with Crippen LogP contribution >= 0.6 is 24.8 Å². The van der Waals surface area contributed by atoms with Crippen molar-refractivity contribution in [2.24, 2.45) is 0 Å². The topological polar surface area (TPSA) is 54.2 Å². The Kier molecular flexibility index (Phi) is 7.62. The summed E-state index contributed by atoms with van der Waals surface area (Å²) < 4.78 is 0. The zero-order valence-electron chi connectivity index (χ0n) is 12.3. The van der Waals surface area contributed by atoms with Crippen LogP contribution in [0.4, 0.5) is 5.69 Å². The van der Waals surface area contributed by atoms with E-state index in [1.807, 2.05) is 30.6 Å². The lowest BCUT2D eigenvalue weighted by atomic mass is 10.0. The lowest BCUT2D eigenvalue weighted by molar-refractivity contribution is 0.153. The van der Waals surface area contributed by atoms with Crippen molar-refractivity contribution >= 4 is 30.5 Å². The van der Waals surface area contributed by atoms with Crippen LogP contribution in [0, 0.1) is 0 Å². The molecule has 1 aromatic heterocycles. The van der Waals surface area contributed by atoms with Crippen LogP contribution in [0.25, 0.3) is 0 Å². The van der Waals surface area contributed by atoms with Crippen molar-refractivity contribution in [1.82, 2.24) is 15.2 Å². The highest BCUT2D eigenvalue weighted by Crippen LogP contribution is 2.23. The SMILES string of the molecule is Cl.Cl.Nc1cccc(CN2CCNCC2c2cccnc2)c1. The number of pyridine rings is 1. The Labute approximate surface area is 143 Å². The average molecular weight is 341 g/mol. The molecule has 1 fully saturated rings. The molecule has 6 heteroatoms. The predicted octanol–water partition coefficient (Wildman–Crippen LogP) is 2.65. The van der Waals surface area contributed by atoms with Crippen molar-refractivity contribution in [3.05, 3.63) is 59.9 Å². The van der Waals surface area contributed by atoms with Crippen molar-refractivity contribution in [2.45, 2.75) is 12.6 Å². The monoisotopic (exact) mass is 340 g/mol. The third-order valence-electron chi connectivity index (χ3n) is 3.76. The maximum Gasteiger partial charge on any atom is 0.0491 e. The second-order valence-electron chi connectivity index (χ2n) is 5.22. The summed E-state index contributed by atoms with van der Waals surface area (Å²) in [5.74, 6) is 0. The van der Waals surface area contributed by atoms with Gasteiger partial charge in [-0.3, -0.25) is 9.88 Å². The number of benzene rings is 1. The number of nitrogens with one attached hydrogen (secondary N) is 1. The Balaban J connectivity index is 0.00000121. The van der Waals surface area contributed by atoms with Crippen LogP contribution in [0.2, 0.25) is 0 Å². The van der Waals surface area contributed by atoms with Crippen molar-refractivity contribution in [2.75, 3.05) is 25.4 Å². The van der Waals surface area contributed by atoms with E-state index in [0.717, 1.165) is 31.9 Å². The van der Waals surface area contributed by atoms with E-state index < -0.39 is 0 Å². The van der Waals surface area contributed by atoms with E-state index in [4.69, 9.17) is 5.73 Å². The van der Waals surface area contributed by atoms with Crippen LogP contribution in [0.1, 0.15) is 17.2 Å². The molecule has 2 aromatic rings. The van der Waals surface area contributed by atoms with Crippen molar-refractivity contribution < 1.29 is 0 Å². The van der Waals surface area contributed by atoms with Gasteiger partial charge in [-0.05, 0) is 29.3 Å². The smallest absolute Gasteiger partial charge is 0.0491 e. The van der Waals surface area contributed by atoms with Gasteiger partial charge in [-0.25, -0.2) is 0 Å². The van der Waals surface area contributed by atoms with E-state index in [2.05, 4.69) is 33.4 Å². The first-order chi connectivity index (χ1) is 9.83. The van der Waals surface area contributed by atoms with E-state index in [0.29, 0.717) is 6.04 Å². The minimum absolute atomic E-state index is 0. The Bertz CT molecular complexity index is 565. The van der Waals surface area contributed by atoms with E-state index in [1.165, 1.54) is 11.1 Å². The molecular formula is C16H22Cl2N4. The molecule has 2 heterocycles. The largest absolute Gasteiger partial charge is 0.399 e. The maximum atomic E-state index is 5.87. The van der Waals surface area contributed by atoms with Crippen LogP contribution in [0.5, 0.6) is 0 Å². The third kappa shape index (κ3) is 4.58. The van der Waals surface area contributed by atoms with Gasteiger partial charge in [-0.2, -0.15) is 0 Å². The van der Waals surface area contributed by atoms with E-state index in [1.54, 1.807) is 0 Å². The summed E-state index contributed by atoms with van der Waals surface area (Å²) in [6, 6.07) is 12.7. The number of nitrogens with zero attached hydrogens (tertiary/aromatic N) is 2. The number of nitrogen functional groups attached to an aromatic ring is 1. The summed E-state index contributed by atoms with van der Waals surface area (Å²) in [6.45, 7) is 3.95. The minimum Gasteiger partial charge on any atom is -0.399 e. The molecule has 0 spiro atoms. The fourth-order valence-corrected chi connectivity index (χ4v) is 2.76. The number of aromatic nitrogens is 1. The van der Waals surface area contributed by atoms with Crippen LogP contribution < -0.4 is 11.1 Å². The normalized spacial score (nSPS) is 18.1. The van der Waals surface area contributed by atoms with Gasteiger partial charge in [0, 0.05) is 50.3 Å². The molecular weight excluding hydrogens is 319 g/mol. The first-order valence-electron chi connectivity index (χ1n) is 7.02. The number of rotatable bonds is 3. The molecule has 3 N–H and O–H groups in total. The molecule has 4 nitrogen and oxygen atoms in total. The molecule has 1 atom stereocenters. The highest BCUT2D eigenvalue weighted by molar-refractivity contribution is 5.85. The van der Waals surface area contributed by atoms with Crippen LogP contribution in [0.3, 0.4) is 0 Å². The lowest BCUT2D eigenvalue weighted by Gasteiger charge is -2.36. The zero-order valence-corrected chi connectivity index (χ0v) is 13.9. The molecule has 0 saturated carbocycles. The molecule has 0 radical (unpaired) electrons. The lowest BCUT2D eigenvalue weighted by Crippen LogP contribution is -2.45. The van der Waals surface area contributed by atoms with E-state index >= 15 is 0 Å². The molecule has 1 aliphatic heterocycles. The molecule has 1 saturated heterocycles. The first-order valence-corrected chi connectivity index (χ1v) is 7.02. The zero-order chi connectivity index (χ0) is 13.8. The molecule has 1 aliphatic rings. The van der Waals surface area contributed by atoms with Crippen LogP contribution in [-0.4, -0.2) is 29.5 Å². The molecule has 1 aromatic carbocycles. The number of hydrogen-bond acceptors (Lipinski definition) is 4. The maximum absolute atomic E-state index is 5.87. The van der Waals surface area contributed by atoms with Gasteiger partial charge in [0.15, 0.2) is 0 Å². The Hall–Kier alpha value is -1.33. The van der Waals surface area contributed by atoms with Crippen molar-refractivity contribution in [3.8, 4) is 0 Å². The second kappa shape index (κ2) is 8.96. The summed E-state index contributed by atoms with van der Waals surface area (Å²) in [5, 5.41) is 3.47. The van der Waals surface area contributed by atoms with Crippen LogP contribution in [0.15, 0.2) is 48.8 Å². The fraction of sp³-hybridized carbons (Fsp3) is 0.312. The Morgan fingerprint density at radius 2 is 2.09 bits per heavy atom. The number of nitrogens with two attached hydrogens (primary N) is 1. The first kappa shape index (κ1) is 18.7. The standard InChI is InChI=1S/C16H20N4.2ClH/c17-15-5-1-3-13(9-15)12-20-8-7-19-11-16(20)14-4-2-6-18-10-14;;/h1-6,9-10,16,19H,7-8,11-12,17H2;2*1H. The molecule has 3 rings (SSSR count). The molecule has 0 amide bonds. The van der Waals surface area contributed by atoms with Gasteiger partial charge in [0.1, 0.15) is 0 Å². The quantitative estimate of drug-likeness (QED) is 0.843. The van der Waals surface area contributed by atoms with E-state index in [-0.39, 0.29) is 24.8 Å². The molecule has 120 valence electrons. The summed E-state index contributed by atoms with van der Waals surface area (Å²) in [7, 11) is 0. The summed E-state index contributed by atoms with van der Waals surface area (Å²) in [5.41, 5.74) is 9.23. The van der Waals surface area contributed by atoms with Gasteiger partial charge in [0.2, 0.25) is 0 Å². The molecule has 0 bridgehead atoms. The summed E-state index contributed by atoms with van der Waals surface area (Å²) >= 11 is 0. The van der Waals surface area contributed by atoms with Crippen molar-refractivity contribution in [3.63, 3.8) is 0 Å². The van der Waals surface area contributed by atoms with Gasteiger partial charge in [-0.1, -0.05) is 18.2 Å². The van der Waals surface area contributed by atoms with Crippen LogP contribution in [-0.2, 0) is 6.54 Å². The van der Waals surface area contributed by atoms with Gasteiger partial charge in [-0.15, -0.1) is 24.8 Å². The number of piperazine rings is 1. The Morgan fingerprint density at radius 3 is 2.82 bits per heavy atom. The Morgan fingerprint density at radius 1 is 1.23 bits per heavy atom. The fourth-order valence-electron chi connectivity index (χ4n) is 2.76. The molecule has 22 heavy (non-hydrogen) atoms. The highest BCUT2D eigenvalue weighted by atomic mass is 35.5. The van der Waals surface area contributed by atoms with Gasteiger partial charge >= 0.3 is 0 Å². The second-order valence-corrected chi connectivity index (χ2v) is 5.22. The third-order valence-corrected chi connectivity index (χ3v) is 3.76. The van der Waals surface area contributed by atoms with Crippen molar-refractivity contribution in [1.29, 1.82) is 0 Å². The predicted molar refractivity (Wildman–Crippen MR) is 95.6 cm³/mol. The number of anilines is 1. The number of halogens is 2. The van der Waals surface area contributed by atoms with E-state index in [9.17, 15) is 0 Å².